The Balaban J connectivity index is 2.29. The molecule has 0 aliphatic rings. The van der Waals surface area contributed by atoms with E-state index < -0.39 is 0 Å². The summed E-state index contributed by atoms with van der Waals surface area (Å²) >= 11 is 0. The van der Waals surface area contributed by atoms with E-state index in [2.05, 4.69) is 65.8 Å². The smallest absolute Gasteiger partial charge is 0.0572 e. The van der Waals surface area contributed by atoms with Crippen LogP contribution in [0.1, 0.15) is 70.9 Å². The summed E-state index contributed by atoms with van der Waals surface area (Å²) in [5, 5.41) is 0. The summed E-state index contributed by atoms with van der Waals surface area (Å²) in [4.78, 5) is 0. The second kappa shape index (κ2) is 10.0. The van der Waals surface area contributed by atoms with Crippen LogP contribution < -0.4 is 0 Å². The Morgan fingerprint density at radius 2 is 1.55 bits per heavy atom. The van der Waals surface area contributed by atoms with Crippen LogP contribution in [0.5, 0.6) is 0 Å². The maximum Gasteiger partial charge on any atom is 0.0572 e. The van der Waals surface area contributed by atoms with Crippen LogP contribution >= 0.6 is 0 Å². The number of benzene rings is 1. The van der Waals surface area contributed by atoms with Crippen LogP contribution in [0.15, 0.2) is 24.3 Å². The van der Waals surface area contributed by atoms with Gasteiger partial charge in [0.15, 0.2) is 0 Å². The first-order valence-corrected chi connectivity index (χ1v) is 8.76. The van der Waals surface area contributed by atoms with E-state index in [0.717, 1.165) is 25.9 Å². The highest BCUT2D eigenvalue weighted by atomic mass is 16.5. The Bertz CT molecular complexity index is 399. The average Bonchev–Trinajstić information content (AvgIpc) is 2.47. The summed E-state index contributed by atoms with van der Waals surface area (Å²) in [6, 6.07) is 8.84. The van der Waals surface area contributed by atoms with Gasteiger partial charge in [0, 0.05) is 6.61 Å². The first-order chi connectivity index (χ1) is 10.4. The SMILES string of the molecule is CCC(C)OCCC(C)OC(C)CC(C)c1ccc(C)cc1. The summed E-state index contributed by atoms with van der Waals surface area (Å²) in [6.07, 6.45) is 3.97. The average molecular weight is 306 g/mol. The van der Waals surface area contributed by atoms with Crippen LogP contribution in [0.4, 0.5) is 0 Å². The first kappa shape index (κ1) is 19.2. The lowest BCUT2D eigenvalue weighted by atomic mass is 9.95. The minimum Gasteiger partial charge on any atom is -0.378 e. The fraction of sp³-hybridized carbons (Fsp3) is 0.700. The fourth-order valence-electron chi connectivity index (χ4n) is 2.60. The normalized spacial score (nSPS) is 17.0. The fourth-order valence-corrected chi connectivity index (χ4v) is 2.60. The molecule has 1 rings (SSSR count). The molecule has 4 atom stereocenters. The van der Waals surface area contributed by atoms with Crippen molar-refractivity contribution in [2.75, 3.05) is 6.61 Å². The van der Waals surface area contributed by atoms with Crippen molar-refractivity contribution in [1.82, 2.24) is 0 Å². The third-order valence-corrected chi connectivity index (χ3v) is 4.30. The van der Waals surface area contributed by atoms with E-state index >= 15 is 0 Å². The molecule has 126 valence electrons. The zero-order valence-corrected chi connectivity index (χ0v) is 15.3. The zero-order valence-electron chi connectivity index (χ0n) is 15.3. The summed E-state index contributed by atoms with van der Waals surface area (Å²) in [7, 11) is 0. The summed E-state index contributed by atoms with van der Waals surface area (Å²) in [5.41, 5.74) is 2.71. The van der Waals surface area contributed by atoms with E-state index in [4.69, 9.17) is 9.47 Å². The van der Waals surface area contributed by atoms with Crippen molar-refractivity contribution in [3.05, 3.63) is 35.4 Å². The second-order valence-corrected chi connectivity index (χ2v) is 6.68. The zero-order chi connectivity index (χ0) is 16.5. The van der Waals surface area contributed by atoms with Crippen LogP contribution in [-0.4, -0.2) is 24.9 Å². The highest BCUT2D eigenvalue weighted by Gasteiger charge is 2.14. The molecule has 0 N–H and O–H groups in total. The largest absolute Gasteiger partial charge is 0.378 e. The maximum atomic E-state index is 6.10. The van der Waals surface area contributed by atoms with Gasteiger partial charge in [-0.1, -0.05) is 43.7 Å². The molecule has 1 aromatic carbocycles. The van der Waals surface area contributed by atoms with Gasteiger partial charge in [-0.2, -0.15) is 0 Å². The quantitative estimate of drug-likeness (QED) is 0.569. The van der Waals surface area contributed by atoms with Crippen LogP contribution in [-0.2, 0) is 9.47 Å². The van der Waals surface area contributed by atoms with Gasteiger partial charge in [-0.05, 0) is 58.4 Å². The van der Waals surface area contributed by atoms with Crippen molar-refractivity contribution in [2.45, 2.75) is 85.0 Å². The molecular formula is C20H34O2. The molecule has 22 heavy (non-hydrogen) atoms. The summed E-state index contributed by atoms with van der Waals surface area (Å²) < 4.78 is 11.8. The Hall–Kier alpha value is -0.860. The van der Waals surface area contributed by atoms with Crippen molar-refractivity contribution in [3.63, 3.8) is 0 Å². The molecule has 0 amide bonds. The summed E-state index contributed by atoms with van der Waals surface area (Å²) in [6.45, 7) is 13.8. The van der Waals surface area contributed by atoms with E-state index in [1.165, 1.54) is 11.1 Å². The number of aryl methyl sites for hydroxylation is 1. The molecule has 0 aliphatic carbocycles. The topological polar surface area (TPSA) is 18.5 Å². The van der Waals surface area contributed by atoms with Crippen molar-refractivity contribution in [1.29, 1.82) is 0 Å². The van der Waals surface area contributed by atoms with Crippen LogP contribution in [0, 0.1) is 6.92 Å². The molecule has 0 bridgehead atoms. The Morgan fingerprint density at radius 1 is 0.909 bits per heavy atom. The monoisotopic (exact) mass is 306 g/mol. The molecule has 0 saturated heterocycles. The van der Waals surface area contributed by atoms with Gasteiger partial charge in [0.2, 0.25) is 0 Å². The van der Waals surface area contributed by atoms with Crippen molar-refractivity contribution < 1.29 is 9.47 Å². The second-order valence-electron chi connectivity index (χ2n) is 6.68. The van der Waals surface area contributed by atoms with Gasteiger partial charge in [0.25, 0.3) is 0 Å². The number of rotatable bonds is 10. The van der Waals surface area contributed by atoms with Crippen molar-refractivity contribution >= 4 is 0 Å². The Labute approximate surface area is 137 Å². The predicted molar refractivity (Wildman–Crippen MR) is 94.5 cm³/mol. The van der Waals surface area contributed by atoms with Gasteiger partial charge in [-0.15, -0.1) is 0 Å². The lowest BCUT2D eigenvalue weighted by Gasteiger charge is -2.23. The highest BCUT2D eigenvalue weighted by molar-refractivity contribution is 5.24. The standard InChI is InChI=1S/C20H34O2/c1-7-17(4)21-13-12-18(5)22-19(6)14-16(3)20-10-8-15(2)9-11-20/h8-11,16-19H,7,12-14H2,1-6H3. The van der Waals surface area contributed by atoms with Crippen molar-refractivity contribution in [3.8, 4) is 0 Å². The molecule has 2 heteroatoms. The lowest BCUT2D eigenvalue weighted by molar-refractivity contribution is -0.0261. The van der Waals surface area contributed by atoms with Gasteiger partial charge >= 0.3 is 0 Å². The van der Waals surface area contributed by atoms with Crippen LogP contribution in [0.25, 0.3) is 0 Å². The van der Waals surface area contributed by atoms with E-state index in [-0.39, 0.29) is 12.2 Å². The molecule has 0 saturated carbocycles. The predicted octanol–water partition coefficient (Wildman–Crippen LogP) is 5.49. The molecule has 0 radical (unpaired) electrons. The molecule has 0 aromatic heterocycles. The molecular weight excluding hydrogens is 272 g/mol. The van der Waals surface area contributed by atoms with Gasteiger partial charge in [0.05, 0.1) is 18.3 Å². The molecule has 4 unspecified atom stereocenters. The maximum absolute atomic E-state index is 6.10. The third-order valence-electron chi connectivity index (χ3n) is 4.30. The third kappa shape index (κ3) is 7.42. The summed E-state index contributed by atoms with van der Waals surface area (Å²) in [5.74, 6) is 0.527. The molecule has 0 spiro atoms. The first-order valence-electron chi connectivity index (χ1n) is 8.76. The van der Waals surface area contributed by atoms with Gasteiger partial charge in [-0.25, -0.2) is 0 Å². The number of hydrogen-bond acceptors (Lipinski definition) is 2. The molecule has 1 aromatic rings. The van der Waals surface area contributed by atoms with Gasteiger partial charge in [0.1, 0.15) is 0 Å². The van der Waals surface area contributed by atoms with Crippen molar-refractivity contribution in [2.24, 2.45) is 0 Å². The highest BCUT2D eigenvalue weighted by Crippen LogP contribution is 2.23. The molecule has 2 nitrogen and oxygen atoms in total. The van der Waals surface area contributed by atoms with Crippen LogP contribution in [0.2, 0.25) is 0 Å². The minimum absolute atomic E-state index is 0.254. The van der Waals surface area contributed by atoms with E-state index in [1.807, 2.05) is 0 Å². The Kier molecular flexibility index (Phi) is 8.74. The number of hydrogen-bond donors (Lipinski definition) is 0. The number of ether oxygens (including phenoxy) is 2. The van der Waals surface area contributed by atoms with E-state index in [0.29, 0.717) is 12.0 Å². The minimum atomic E-state index is 0.254. The van der Waals surface area contributed by atoms with Crippen LogP contribution in [0.3, 0.4) is 0 Å². The molecule has 0 aliphatic heterocycles. The van der Waals surface area contributed by atoms with Gasteiger partial charge < -0.3 is 9.47 Å². The van der Waals surface area contributed by atoms with E-state index in [9.17, 15) is 0 Å². The Morgan fingerprint density at radius 3 is 2.14 bits per heavy atom. The molecule has 0 fully saturated rings. The van der Waals surface area contributed by atoms with E-state index in [1.54, 1.807) is 0 Å². The molecule has 0 heterocycles. The van der Waals surface area contributed by atoms with Gasteiger partial charge in [-0.3, -0.25) is 0 Å². The lowest BCUT2D eigenvalue weighted by Crippen LogP contribution is -2.21.